The van der Waals surface area contributed by atoms with Crippen LogP contribution in [-0.4, -0.2) is 28.2 Å². The van der Waals surface area contributed by atoms with Gasteiger partial charge in [0.2, 0.25) is 0 Å². The van der Waals surface area contributed by atoms with Gasteiger partial charge in [-0.1, -0.05) is 39.0 Å². The van der Waals surface area contributed by atoms with Crippen LogP contribution in [0.15, 0.2) is 23.8 Å². The molecule has 0 unspecified atom stereocenters. The second-order valence-corrected chi connectivity index (χ2v) is 8.74. The molecule has 0 bridgehead atoms. The third-order valence-corrected chi connectivity index (χ3v) is 7.49. The minimum Gasteiger partial charge on any atom is -0.393 e. The van der Waals surface area contributed by atoms with E-state index in [2.05, 4.69) is 34.3 Å². The molecule has 0 aromatic heterocycles. The van der Waals surface area contributed by atoms with Gasteiger partial charge in [-0.15, -0.1) is 0 Å². The van der Waals surface area contributed by atoms with E-state index in [-0.39, 0.29) is 34.6 Å². The first kappa shape index (κ1) is 16.9. The average molecular weight is 318 g/mol. The second kappa shape index (κ2) is 5.29. The van der Waals surface area contributed by atoms with E-state index in [4.69, 9.17) is 0 Å². The molecule has 0 spiro atoms. The lowest BCUT2D eigenvalue weighted by atomic mass is 9.43. The fourth-order valence-corrected chi connectivity index (χ4v) is 6.14. The summed E-state index contributed by atoms with van der Waals surface area (Å²) in [7, 11) is 0. The summed E-state index contributed by atoms with van der Waals surface area (Å²) in [6, 6.07) is 0. The van der Waals surface area contributed by atoms with Crippen molar-refractivity contribution in [2.24, 2.45) is 28.6 Å². The average Bonchev–Trinajstić information content (AvgIpc) is 2.49. The Morgan fingerprint density at radius 1 is 1.17 bits per heavy atom. The SMILES string of the molecule is C=CC1=C(C)[C@@H]2CC[C@H]3C(C)(C)[C@@H](O)CC[C@]3(C)[C@H]2C(=O)[C@@H]1O. The number of hydrogen-bond donors (Lipinski definition) is 2. The lowest BCUT2D eigenvalue weighted by Crippen LogP contribution is -2.60. The number of allylic oxidation sites excluding steroid dienone is 1. The Labute approximate surface area is 139 Å². The number of carbonyl (C=O) groups excluding carboxylic acids is 1. The number of Topliss-reactive ketones (excluding diaryl/α,β-unsaturated/α-hetero) is 1. The zero-order chi connectivity index (χ0) is 17.2. The van der Waals surface area contributed by atoms with E-state index in [9.17, 15) is 15.0 Å². The molecule has 3 aliphatic carbocycles. The van der Waals surface area contributed by atoms with E-state index in [1.165, 1.54) is 0 Å². The van der Waals surface area contributed by atoms with Gasteiger partial charge in [0.25, 0.3) is 0 Å². The van der Waals surface area contributed by atoms with Crippen molar-refractivity contribution in [2.45, 2.75) is 65.6 Å². The van der Waals surface area contributed by atoms with Gasteiger partial charge in [-0.2, -0.15) is 0 Å². The maximum absolute atomic E-state index is 13.0. The Hall–Kier alpha value is -0.930. The summed E-state index contributed by atoms with van der Waals surface area (Å²) in [5, 5.41) is 21.0. The van der Waals surface area contributed by atoms with Gasteiger partial charge in [-0.3, -0.25) is 4.79 Å². The predicted octanol–water partition coefficient (Wildman–Crippen LogP) is 3.26. The van der Waals surface area contributed by atoms with Crippen molar-refractivity contribution in [3.05, 3.63) is 23.8 Å². The highest BCUT2D eigenvalue weighted by atomic mass is 16.3. The van der Waals surface area contributed by atoms with Crippen molar-refractivity contribution in [1.82, 2.24) is 0 Å². The van der Waals surface area contributed by atoms with Gasteiger partial charge in [0.1, 0.15) is 6.10 Å². The second-order valence-electron chi connectivity index (χ2n) is 8.74. The Morgan fingerprint density at radius 3 is 2.43 bits per heavy atom. The lowest BCUT2D eigenvalue weighted by molar-refractivity contribution is -0.167. The predicted molar refractivity (Wildman–Crippen MR) is 90.7 cm³/mol. The van der Waals surface area contributed by atoms with Crippen LogP contribution in [0, 0.1) is 28.6 Å². The Kier molecular flexibility index (Phi) is 3.89. The minimum absolute atomic E-state index is 0.0325. The summed E-state index contributed by atoms with van der Waals surface area (Å²) < 4.78 is 0. The molecule has 0 aromatic carbocycles. The molecule has 0 radical (unpaired) electrons. The van der Waals surface area contributed by atoms with E-state index in [1.807, 2.05) is 0 Å². The first-order valence-corrected chi connectivity index (χ1v) is 8.89. The van der Waals surface area contributed by atoms with Crippen LogP contribution in [0.5, 0.6) is 0 Å². The summed E-state index contributed by atoms with van der Waals surface area (Å²) >= 11 is 0. The lowest BCUT2D eigenvalue weighted by Gasteiger charge is -2.61. The van der Waals surface area contributed by atoms with E-state index >= 15 is 0 Å². The molecule has 23 heavy (non-hydrogen) atoms. The number of fused-ring (bicyclic) bond motifs is 3. The molecule has 6 atom stereocenters. The van der Waals surface area contributed by atoms with Crippen LogP contribution in [0.1, 0.15) is 53.4 Å². The maximum atomic E-state index is 13.0. The minimum atomic E-state index is -1.03. The van der Waals surface area contributed by atoms with E-state index < -0.39 is 6.10 Å². The fraction of sp³-hybridized carbons (Fsp3) is 0.750. The van der Waals surface area contributed by atoms with Gasteiger partial charge in [0.15, 0.2) is 5.78 Å². The van der Waals surface area contributed by atoms with Gasteiger partial charge >= 0.3 is 0 Å². The maximum Gasteiger partial charge on any atom is 0.170 e. The van der Waals surface area contributed by atoms with Crippen LogP contribution in [0.4, 0.5) is 0 Å². The smallest absolute Gasteiger partial charge is 0.170 e. The summed E-state index contributed by atoms with van der Waals surface area (Å²) in [6.45, 7) is 12.3. The molecule has 0 amide bonds. The molecular formula is C20H30O3. The van der Waals surface area contributed by atoms with Crippen molar-refractivity contribution in [2.75, 3.05) is 0 Å². The molecule has 0 aliphatic heterocycles. The number of hydrogen-bond acceptors (Lipinski definition) is 3. The van der Waals surface area contributed by atoms with Crippen LogP contribution in [-0.2, 0) is 4.79 Å². The highest BCUT2D eigenvalue weighted by Crippen LogP contribution is 2.63. The Morgan fingerprint density at radius 2 is 1.83 bits per heavy atom. The highest BCUT2D eigenvalue weighted by Gasteiger charge is 2.61. The number of ketones is 1. The topological polar surface area (TPSA) is 57.5 Å². The Balaban J connectivity index is 2.09. The molecule has 3 aliphatic rings. The number of carbonyl (C=O) groups is 1. The van der Waals surface area contributed by atoms with Crippen molar-refractivity contribution in [1.29, 1.82) is 0 Å². The molecule has 2 fully saturated rings. The van der Waals surface area contributed by atoms with Gasteiger partial charge in [0.05, 0.1) is 6.10 Å². The molecule has 2 saturated carbocycles. The summed E-state index contributed by atoms with van der Waals surface area (Å²) in [5.74, 6) is 0.363. The summed E-state index contributed by atoms with van der Waals surface area (Å²) in [4.78, 5) is 13.0. The molecule has 0 saturated heterocycles. The zero-order valence-corrected chi connectivity index (χ0v) is 14.8. The number of aliphatic hydroxyl groups excluding tert-OH is 2. The number of rotatable bonds is 1. The fourth-order valence-electron chi connectivity index (χ4n) is 6.14. The first-order valence-electron chi connectivity index (χ1n) is 8.89. The Bertz CT molecular complexity index is 573. The molecule has 128 valence electrons. The third-order valence-electron chi connectivity index (χ3n) is 7.49. The van der Waals surface area contributed by atoms with E-state index in [1.54, 1.807) is 6.08 Å². The summed E-state index contributed by atoms with van der Waals surface area (Å²) in [6.07, 6.45) is 3.91. The van der Waals surface area contributed by atoms with Crippen molar-refractivity contribution in [3.63, 3.8) is 0 Å². The molecule has 0 heterocycles. The van der Waals surface area contributed by atoms with Crippen LogP contribution in [0.25, 0.3) is 0 Å². The van der Waals surface area contributed by atoms with E-state index in [0.29, 0.717) is 11.5 Å². The largest absolute Gasteiger partial charge is 0.393 e. The molecule has 0 aromatic rings. The monoisotopic (exact) mass is 318 g/mol. The molecule has 3 rings (SSSR count). The number of aliphatic hydroxyl groups is 2. The van der Waals surface area contributed by atoms with Gasteiger partial charge in [0, 0.05) is 5.92 Å². The molecule has 3 heteroatoms. The van der Waals surface area contributed by atoms with Gasteiger partial charge in [-0.05, 0) is 60.8 Å². The molecular weight excluding hydrogens is 288 g/mol. The highest BCUT2D eigenvalue weighted by molar-refractivity contribution is 5.91. The third kappa shape index (κ3) is 2.12. The van der Waals surface area contributed by atoms with Crippen LogP contribution < -0.4 is 0 Å². The van der Waals surface area contributed by atoms with Crippen molar-refractivity contribution >= 4 is 5.78 Å². The van der Waals surface area contributed by atoms with Crippen molar-refractivity contribution < 1.29 is 15.0 Å². The van der Waals surface area contributed by atoms with Crippen LogP contribution in [0.3, 0.4) is 0 Å². The summed E-state index contributed by atoms with van der Waals surface area (Å²) in [5.41, 5.74) is 1.53. The van der Waals surface area contributed by atoms with Crippen molar-refractivity contribution in [3.8, 4) is 0 Å². The van der Waals surface area contributed by atoms with Crippen LogP contribution >= 0.6 is 0 Å². The molecule has 2 N–H and O–H groups in total. The zero-order valence-electron chi connectivity index (χ0n) is 14.8. The standard InChI is InChI=1S/C20H30O3/c1-6-12-11(2)13-7-8-14-19(3,4)15(21)9-10-20(14,5)16(13)18(23)17(12)22/h6,13-17,21-22H,1,7-10H2,2-5H3/t13-,14-,15-,16+,17+,20-/m0/s1. The van der Waals surface area contributed by atoms with E-state index in [0.717, 1.165) is 31.3 Å². The van der Waals surface area contributed by atoms with Gasteiger partial charge < -0.3 is 10.2 Å². The quantitative estimate of drug-likeness (QED) is 0.780. The van der Waals surface area contributed by atoms with Gasteiger partial charge in [-0.25, -0.2) is 0 Å². The van der Waals surface area contributed by atoms with Crippen LogP contribution in [0.2, 0.25) is 0 Å². The normalized spacial score (nSPS) is 46.2. The first-order chi connectivity index (χ1) is 10.7. The molecule has 3 nitrogen and oxygen atoms in total.